The van der Waals surface area contributed by atoms with E-state index in [4.69, 9.17) is 20.8 Å². The summed E-state index contributed by atoms with van der Waals surface area (Å²) in [5.41, 5.74) is 1.96. The molecule has 10 nitrogen and oxygen atoms in total. The SMILES string of the molecule is CCC(=O)N1c2ccccc2-c2nnc(SC)nc2OC1c1ccc(-c2ccc([N+](=O)[O-])cc2Cl)o1. The molecular formula is C24H18ClN5O5S. The van der Waals surface area contributed by atoms with Crippen LogP contribution in [0.3, 0.4) is 0 Å². The van der Waals surface area contributed by atoms with Gasteiger partial charge in [-0.1, -0.05) is 48.5 Å². The highest BCUT2D eigenvalue weighted by atomic mass is 35.5. The van der Waals surface area contributed by atoms with Crippen LogP contribution in [0.25, 0.3) is 22.6 Å². The van der Waals surface area contributed by atoms with E-state index in [0.717, 1.165) is 0 Å². The molecule has 0 radical (unpaired) electrons. The highest BCUT2D eigenvalue weighted by Gasteiger charge is 2.37. The molecule has 0 aliphatic carbocycles. The molecule has 4 aromatic rings. The van der Waals surface area contributed by atoms with Gasteiger partial charge in [-0.25, -0.2) is 0 Å². The van der Waals surface area contributed by atoms with Crippen molar-refractivity contribution in [3.8, 4) is 28.5 Å². The summed E-state index contributed by atoms with van der Waals surface area (Å²) in [5, 5.41) is 20.1. The lowest BCUT2D eigenvalue weighted by atomic mass is 10.1. The average molecular weight is 524 g/mol. The fourth-order valence-electron chi connectivity index (χ4n) is 3.87. The molecule has 0 saturated carbocycles. The molecule has 5 rings (SSSR count). The van der Waals surface area contributed by atoms with Crippen LogP contribution < -0.4 is 9.64 Å². The van der Waals surface area contributed by atoms with E-state index >= 15 is 0 Å². The molecule has 0 bridgehead atoms. The maximum Gasteiger partial charge on any atom is 0.270 e. The molecule has 182 valence electrons. The van der Waals surface area contributed by atoms with Crippen molar-refractivity contribution in [2.24, 2.45) is 0 Å². The summed E-state index contributed by atoms with van der Waals surface area (Å²) >= 11 is 7.62. The molecular weight excluding hydrogens is 506 g/mol. The van der Waals surface area contributed by atoms with E-state index in [9.17, 15) is 14.9 Å². The number of fused-ring (bicyclic) bond motifs is 3. The van der Waals surface area contributed by atoms with E-state index in [1.54, 1.807) is 25.1 Å². The normalized spacial score (nSPS) is 14.4. The minimum atomic E-state index is -1.00. The van der Waals surface area contributed by atoms with Crippen LogP contribution in [0.4, 0.5) is 11.4 Å². The van der Waals surface area contributed by atoms with Gasteiger partial charge in [0.05, 0.1) is 15.6 Å². The first kappa shape index (κ1) is 23.8. The van der Waals surface area contributed by atoms with Gasteiger partial charge in [-0.05, 0) is 30.5 Å². The maximum absolute atomic E-state index is 13.2. The molecule has 0 spiro atoms. The summed E-state index contributed by atoms with van der Waals surface area (Å²) in [4.78, 5) is 29.8. The second-order valence-corrected chi connectivity index (χ2v) is 8.86. The van der Waals surface area contributed by atoms with Gasteiger partial charge in [0.15, 0.2) is 11.5 Å². The Bertz CT molecular complexity index is 1490. The zero-order valence-electron chi connectivity index (χ0n) is 19.0. The van der Waals surface area contributed by atoms with Crippen molar-refractivity contribution in [3.63, 3.8) is 0 Å². The summed E-state index contributed by atoms with van der Waals surface area (Å²) in [7, 11) is 0. The molecule has 0 fully saturated rings. The van der Waals surface area contributed by atoms with E-state index in [0.29, 0.717) is 39.2 Å². The number of rotatable bonds is 5. The van der Waals surface area contributed by atoms with Crippen molar-refractivity contribution >= 4 is 40.6 Å². The number of amides is 1. The van der Waals surface area contributed by atoms with Crippen molar-refractivity contribution in [1.82, 2.24) is 15.2 Å². The molecule has 1 aliphatic rings. The number of anilines is 1. The van der Waals surface area contributed by atoms with Crippen LogP contribution in [0, 0.1) is 10.1 Å². The first-order valence-electron chi connectivity index (χ1n) is 10.8. The number of furan rings is 1. The van der Waals surface area contributed by atoms with Gasteiger partial charge in [-0.15, -0.1) is 10.2 Å². The molecule has 3 heterocycles. The minimum absolute atomic E-state index is 0.132. The number of nitro benzene ring substituents is 1. The van der Waals surface area contributed by atoms with Crippen LogP contribution in [0.15, 0.2) is 64.2 Å². The number of hydrogen-bond donors (Lipinski definition) is 0. The Balaban J connectivity index is 1.65. The number of benzene rings is 2. The fraction of sp³-hybridized carbons (Fsp3) is 0.167. The zero-order valence-corrected chi connectivity index (χ0v) is 20.6. The van der Waals surface area contributed by atoms with Crippen molar-refractivity contribution in [2.45, 2.75) is 24.7 Å². The molecule has 12 heteroatoms. The lowest BCUT2D eigenvalue weighted by molar-refractivity contribution is -0.384. The Morgan fingerprint density at radius 2 is 1.97 bits per heavy atom. The molecule has 1 atom stereocenters. The summed E-state index contributed by atoms with van der Waals surface area (Å²) < 4.78 is 12.4. The molecule has 1 unspecified atom stereocenters. The third kappa shape index (κ3) is 4.16. The van der Waals surface area contributed by atoms with Crippen LogP contribution >= 0.6 is 23.4 Å². The average Bonchev–Trinajstić information content (AvgIpc) is 3.32. The quantitative estimate of drug-likeness (QED) is 0.178. The monoisotopic (exact) mass is 523 g/mol. The van der Waals surface area contributed by atoms with Crippen molar-refractivity contribution in [1.29, 1.82) is 0 Å². The molecule has 2 aromatic carbocycles. The fourth-order valence-corrected chi connectivity index (χ4v) is 4.44. The summed E-state index contributed by atoms with van der Waals surface area (Å²) in [6.07, 6.45) is 1.03. The van der Waals surface area contributed by atoms with Crippen LogP contribution in [0.1, 0.15) is 25.3 Å². The second kappa shape index (κ2) is 9.59. The van der Waals surface area contributed by atoms with Gasteiger partial charge >= 0.3 is 0 Å². The number of halogens is 1. The van der Waals surface area contributed by atoms with Crippen LogP contribution in [-0.4, -0.2) is 32.3 Å². The van der Waals surface area contributed by atoms with E-state index in [1.807, 2.05) is 24.5 Å². The predicted octanol–water partition coefficient (Wildman–Crippen LogP) is 5.92. The lowest BCUT2D eigenvalue weighted by Crippen LogP contribution is -2.37. The largest absolute Gasteiger partial charge is 0.455 e. The van der Waals surface area contributed by atoms with Crippen molar-refractivity contribution in [3.05, 3.63) is 75.5 Å². The van der Waals surface area contributed by atoms with E-state index in [2.05, 4.69) is 15.2 Å². The Hall–Kier alpha value is -3.96. The molecule has 0 N–H and O–H groups in total. The van der Waals surface area contributed by atoms with Gasteiger partial charge in [-0.3, -0.25) is 19.8 Å². The van der Waals surface area contributed by atoms with E-state index in [-0.39, 0.29) is 28.9 Å². The van der Waals surface area contributed by atoms with E-state index < -0.39 is 11.2 Å². The maximum atomic E-state index is 13.2. The summed E-state index contributed by atoms with van der Waals surface area (Å²) in [6.45, 7) is 1.76. The van der Waals surface area contributed by atoms with Gasteiger partial charge < -0.3 is 9.15 Å². The third-order valence-electron chi connectivity index (χ3n) is 5.56. The minimum Gasteiger partial charge on any atom is -0.455 e. The van der Waals surface area contributed by atoms with E-state index in [1.165, 1.54) is 34.9 Å². The van der Waals surface area contributed by atoms with Gasteiger partial charge in [0.2, 0.25) is 23.2 Å². The van der Waals surface area contributed by atoms with Crippen LogP contribution in [-0.2, 0) is 4.79 Å². The highest BCUT2D eigenvalue weighted by Crippen LogP contribution is 2.44. The Labute approximate surface area is 214 Å². The Morgan fingerprint density at radius 1 is 1.17 bits per heavy atom. The number of hydrogen-bond acceptors (Lipinski definition) is 9. The Morgan fingerprint density at radius 3 is 2.69 bits per heavy atom. The van der Waals surface area contributed by atoms with Gasteiger partial charge in [0.1, 0.15) is 5.76 Å². The molecule has 2 aromatic heterocycles. The number of aromatic nitrogens is 3. The third-order valence-corrected chi connectivity index (χ3v) is 6.42. The number of carbonyl (C=O) groups is 1. The van der Waals surface area contributed by atoms with Gasteiger partial charge in [0.25, 0.3) is 5.69 Å². The summed E-state index contributed by atoms with van der Waals surface area (Å²) in [5.74, 6) is 0.683. The first-order chi connectivity index (χ1) is 17.4. The van der Waals surface area contributed by atoms with Gasteiger partial charge in [0, 0.05) is 29.7 Å². The Kier molecular flexibility index (Phi) is 6.33. The smallest absolute Gasteiger partial charge is 0.270 e. The van der Waals surface area contributed by atoms with Crippen LogP contribution in [0.2, 0.25) is 5.02 Å². The first-order valence-corrected chi connectivity index (χ1v) is 12.4. The zero-order chi connectivity index (χ0) is 25.4. The van der Waals surface area contributed by atoms with Crippen molar-refractivity contribution < 1.29 is 18.9 Å². The number of nitro groups is 1. The number of carbonyl (C=O) groups excluding carboxylic acids is 1. The predicted molar refractivity (Wildman–Crippen MR) is 134 cm³/mol. The number of thioether (sulfide) groups is 1. The topological polar surface area (TPSA) is 124 Å². The number of para-hydroxylation sites is 1. The number of non-ortho nitro benzene ring substituents is 1. The molecule has 36 heavy (non-hydrogen) atoms. The van der Waals surface area contributed by atoms with Gasteiger partial charge in [-0.2, -0.15) is 4.98 Å². The number of nitrogens with zero attached hydrogens (tertiary/aromatic N) is 5. The summed E-state index contributed by atoms with van der Waals surface area (Å²) in [6, 6.07) is 14.7. The second-order valence-electron chi connectivity index (χ2n) is 7.68. The lowest BCUT2D eigenvalue weighted by Gasteiger charge is -2.29. The molecule has 1 amide bonds. The standard InChI is InChI=1S/C24H18ClN5O5S/c1-3-20(31)29-17-7-5-4-6-15(17)21-22(26-24(36-2)28-27-21)35-23(29)19-11-10-18(34-19)14-9-8-13(30(32)33)12-16(14)25/h4-12,23H,3H2,1-2H3. The molecule has 0 saturated heterocycles. The molecule has 1 aliphatic heterocycles. The van der Waals surface area contributed by atoms with Crippen LogP contribution in [0.5, 0.6) is 5.88 Å². The number of ether oxygens (including phenoxy) is 1. The van der Waals surface area contributed by atoms with Crippen molar-refractivity contribution in [2.75, 3.05) is 11.2 Å². The highest BCUT2D eigenvalue weighted by molar-refractivity contribution is 7.98.